The van der Waals surface area contributed by atoms with Crippen LogP contribution < -0.4 is 5.32 Å². The van der Waals surface area contributed by atoms with E-state index in [0.717, 1.165) is 0 Å². The SMILES string of the molecule is Cc1ccc([N+](=O)[O-])c(NCc2cccc([N+](=O)[O-])c2)n1. The van der Waals surface area contributed by atoms with Crippen LogP contribution in [0.5, 0.6) is 0 Å². The van der Waals surface area contributed by atoms with E-state index in [1.807, 2.05) is 0 Å². The molecule has 0 atom stereocenters. The Morgan fingerprint density at radius 2 is 1.90 bits per heavy atom. The summed E-state index contributed by atoms with van der Waals surface area (Å²) in [5.74, 6) is 0.145. The van der Waals surface area contributed by atoms with E-state index < -0.39 is 9.85 Å². The Hall–Kier alpha value is -3.03. The second-order valence-corrected chi connectivity index (χ2v) is 4.36. The lowest BCUT2D eigenvalue weighted by Crippen LogP contribution is -2.05. The Bertz CT molecular complexity index is 702. The molecular weight excluding hydrogens is 276 g/mol. The first-order valence-corrected chi connectivity index (χ1v) is 6.06. The van der Waals surface area contributed by atoms with Crippen molar-refractivity contribution in [3.8, 4) is 0 Å². The molecule has 1 aromatic carbocycles. The topological polar surface area (TPSA) is 111 Å². The van der Waals surface area contributed by atoms with Crippen LogP contribution in [0, 0.1) is 27.2 Å². The van der Waals surface area contributed by atoms with Crippen LogP contribution in [0.1, 0.15) is 11.3 Å². The molecule has 0 amide bonds. The van der Waals surface area contributed by atoms with E-state index in [1.54, 1.807) is 25.1 Å². The summed E-state index contributed by atoms with van der Waals surface area (Å²) in [6.45, 7) is 1.93. The quantitative estimate of drug-likeness (QED) is 0.668. The van der Waals surface area contributed by atoms with Crippen LogP contribution >= 0.6 is 0 Å². The highest BCUT2D eigenvalue weighted by molar-refractivity contribution is 5.56. The largest absolute Gasteiger partial charge is 0.360 e. The standard InChI is InChI=1S/C13H12N4O4/c1-9-5-6-12(17(20)21)13(15-9)14-8-10-3-2-4-11(7-10)16(18)19/h2-7H,8H2,1H3,(H,14,15). The molecule has 0 aliphatic carbocycles. The van der Waals surface area contributed by atoms with E-state index in [2.05, 4.69) is 10.3 Å². The van der Waals surface area contributed by atoms with Crippen molar-refractivity contribution in [2.24, 2.45) is 0 Å². The number of rotatable bonds is 5. The molecule has 8 heteroatoms. The minimum atomic E-state index is -0.526. The van der Waals surface area contributed by atoms with Crippen LogP contribution in [0.4, 0.5) is 17.2 Å². The fraction of sp³-hybridized carbons (Fsp3) is 0.154. The first-order valence-electron chi connectivity index (χ1n) is 6.06. The second-order valence-electron chi connectivity index (χ2n) is 4.36. The number of anilines is 1. The maximum absolute atomic E-state index is 10.9. The van der Waals surface area contributed by atoms with E-state index in [4.69, 9.17) is 0 Å². The zero-order valence-electron chi connectivity index (χ0n) is 11.1. The zero-order valence-corrected chi connectivity index (χ0v) is 11.1. The Labute approximate surface area is 119 Å². The summed E-state index contributed by atoms with van der Waals surface area (Å²) in [5, 5.41) is 24.5. The molecule has 2 aromatic rings. The molecule has 0 saturated carbocycles. The number of aryl methyl sites for hydroxylation is 1. The van der Waals surface area contributed by atoms with Gasteiger partial charge in [0.2, 0.25) is 5.82 Å². The first kappa shape index (κ1) is 14.4. The van der Waals surface area contributed by atoms with Gasteiger partial charge in [-0.25, -0.2) is 4.98 Å². The molecule has 0 unspecified atom stereocenters. The second kappa shape index (κ2) is 5.95. The number of nitrogens with one attached hydrogen (secondary N) is 1. The number of benzene rings is 1. The van der Waals surface area contributed by atoms with Crippen LogP contribution in [0.15, 0.2) is 36.4 Å². The summed E-state index contributed by atoms with van der Waals surface area (Å²) >= 11 is 0. The summed E-state index contributed by atoms with van der Waals surface area (Å²) in [4.78, 5) is 24.7. The van der Waals surface area contributed by atoms with Gasteiger partial charge in [-0.3, -0.25) is 20.2 Å². The van der Waals surface area contributed by atoms with Crippen molar-refractivity contribution in [1.82, 2.24) is 4.98 Å². The molecule has 0 aliphatic rings. The molecule has 0 bridgehead atoms. The van der Waals surface area contributed by atoms with Crippen molar-refractivity contribution in [2.75, 3.05) is 5.32 Å². The molecule has 0 aliphatic heterocycles. The number of aromatic nitrogens is 1. The highest BCUT2D eigenvalue weighted by Crippen LogP contribution is 2.23. The third kappa shape index (κ3) is 3.50. The number of hydrogen-bond acceptors (Lipinski definition) is 6. The molecule has 108 valence electrons. The van der Waals surface area contributed by atoms with Crippen LogP contribution in [0.3, 0.4) is 0 Å². The highest BCUT2D eigenvalue weighted by Gasteiger charge is 2.15. The number of non-ortho nitro benzene ring substituents is 1. The molecule has 2 rings (SSSR count). The highest BCUT2D eigenvalue weighted by atomic mass is 16.6. The summed E-state index contributed by atoms with van der Waals surface area (Å²) in [5.41, 5.74) is 1.12. The molecular formula is C13H12N4O4. The third-order valence-corrected chi connectivity index (χ3v) is 2.79. The molecule has 0 fully saturated rings. The van der Waals surface area contributed by atoms with Crippen molar-refractivity contribution in [3.63, 3.8) is 0 Å². The Morgan fingerprint density at radius 3 is 2.57 bits per heavy atom. The molecule has 0 saturated heterocycles. The van der Waals surface area contributed by atoms with Crippen molar-refractivity contribution in [3.05, 3.63) is 67.9 Å². The van der Waals surface area contributed by atoms with E-state index in [-0.39, 0.29) is 23.7 Å². The van der Waals surface area contributed by atoms with Crippen LogP contribution in [-0.4, -0.2) is 14.8 Å². The fourth-order valence-electron chi connectivity index (χ4n) is 1.79. The smallest absolute Gasteiger partial charge is 0.311 e. The Balaban J connectivity index is 2.20. The van der Waals surface area contributed by atoms with Gasteiger partial charge >= 0.3 is 5.69 Å². The zero-order chi connectivity index (χ0) is 15.4. The van der Waals surface area contributed by atoms with Gasteiger partial charge in [-0.15, -0.1) is 0 Å². The predicted octanol–water partition coefficient (Wildman–Crippen LogP) is 2.82. The maximum Gasteiger partial charge on any atom is 0.311 e. The third-order valence-electron chi connectivity index (χ3n) is 2.79. The summed E-state index contributed by atoms with van der Waals surface area (Å²) in [6.07, 6.45) is 0. The van der Waals surface area contributed by atoms with Gasteiger partial charge in [0.1, 0.15) is 0 Å². The lowest BCUT2D eigenvalue weighted by atomic mass is 10.2. The van der Waals surface area contributed by atoms with Crippen molar-refractivity contribution >= 4 is 17.2 Å². The van der Waals surface area contributed by atoms with E-state index in [9.17, 15) is 20.2 Å². The van der Waals surface area contributed by atoms with Gasteiger partial charge in [0.15, 0.2) is 0 Å². The van der Waals surface area contributed by atoms with Crippen LogP contribution in [0.2, 0.25) is 0 Å². The van der Waals surface area contributed by atoms with Crippen LogP contribution in [0.25, 0.3) is 0 Å². The molecule has 0 radical (unpaired) electrons. The minimum Gasteiger partial charge on any atom is -0.360 e. The molecule has 1 heterocycles. The lowest BCUT2D eigenvalue weighted by Gasteiger charge is -2.07. The first-order chi connectivity index (χ1) is 9.97. The normalized spacial score (nSPS) is 10.1. The van der Waals surface area contributed by atoms with Crippen molar-refractivity contribution in [1.29, 1.82) is 0 Å². The van der Waals surface area contributed by atoms with Gasteiger partial charge in [-0.05, 0) is 18.6 Å². The van der Waals surface area contributed by atoms with Gasteiger partial charge in [-0.1, -0.05) is 12.1 Å². The Kier molecular flexibility index (Phi) is 4.07. The molecule has 1 aromatic heterocycles. The number of hydrogen-bond donors (Lipinski definition) is 1. The van der Waals surface area contributed by atoms with Crippen LogP contribution in [-0.2, 0) is 6.54 Å². The number of nitro benzene ring substituents is 1. The number of nitrogens with zero attached hydrogens (tertiary/aromatic N) is 3. The van der Waals surface area contributed by atoms with E-state index in [0.29, 0.717) is 11.3 Å². The summed E-state index contributed by atoms with van der Waals surface area (Å²) in [6, 6.07) is 8.98. The average molecular weight is 288 g/mol. The summed E-state index contributed by atoms with van der Waals surface area (Å²) < 4.78 is 0. The van der Waals surface area contributed by atoms with Gasteiger partial charge in [0, 0.05) is 30.4 Å². The van der Waals surface area contributed by atoms with Gasteiger partial charge in [-0.2, -0.15) is 0 Å². The monoisotopic (exact) mass is 288 g/mol. The maximum atomic E-state index is 10.9. The molecule has 21 heavy (non-hydrogen) atoms. The fourth-order valence-corrected chi connectivity index (χ4v) is 1.79. The lowest BCUT2D eigenvalue weighted by molar-refractivity contribution is -0.384. The minimum absolute atomic E-state index is 0.0269. The average Bonchev–Trinajstić information content (AvgIpc) is 2.45. The molecule has 8 nitrogen and oxygen atoms in total. The molecule has 0 spiro atoms. The number of nitro groups is 2. The van der Waals surface area contributed by atoms with Gasteiger partial charge in [0.25, 0.3) is 5.69 Å². The molecule has 1 N–H and O–H groups in total. The van der Waals surface area contributed by atoms with E-state index >= 15 is 0 Å². The summed E-state index contributed by atoms with van der Waals surface area (Å²) in [7, 11) is 0. The van der Waals surface area contributed by atoms with Gasteiger partial charge in [0.05, 0.1) is 9.85 Å². The van der Waals surface area contributed by atoms with Crippen molar-refractivity contribution < 1.29 is 9.85 Å². The number of pyridine rings is 1. The van der Waals surface area contributed by atoms with E-state index in [1.165, 1.54) is 18.2 Å². The predicted molar refractivity (Wildman–Crippen MR) is 76.1 cm³/mol. The Morgan fingerprint density at radius 1 is 1.14 bits per heavy atom. The van der Waals surface area contributed by atoms with Crippen molar-refractivity contribution in [2.45, 2.75) is 13.5 Å². The van der Waals surface area contributed by atoms with Gasteiger partial charge < -0.3 is 5.32 Å².